The second-order valence-electron chi connectivity index (χ2n) is 12.2. The van der Waals surface area contributed by atoms with Crippen molar-refractivity contribution in [3.63, 3.8) is 0 Å². The maximum atomic E-state index is 4.69. The molecule has 8 rings (SSSR count). The van der Waals surface area contributed by atoms with Crippen LogP contribution in [-0.2, 0) is 6.42 Å². The van der Waals surface area contributed by atoms with Gasteiger partial charge in [0.25, 0.3) is 0 Å². The van der Waals surface area contributed by atoms with Crippen molar-refractivity contribution in [2.45, 2.75) is 19.8 Å². The molecule has 0 N–H and O–H groups in total. The number of rotatable bonds is 10. The fraction of sp³-hybridized carbons (Fsp3) is 0.0667. The summed E-state index contributed by atoms with van der Waals surface area (Å²) in [6, 6.07) is 55.6. The molecule has 6 aromatic carbocycles. The fourth-order valence-electron chi connectivity index (χ4n) is 6.69. The molecule has 8 aromatic rings. The van der Waals surface area contributed by atoms with Crippen molar-refractivity contribution in [3.8, 4) is 22.8 Å². The summed E-state index contributed by atoms with van der Waals surface area (Å²) in [5, 5.41) is 11.8. The van der Waals surface area contributed by atoms with Crippen molar-refractivity contribution >= 4 is 38.9 Å². The van der Waals surface area contributed by atoms with Gasteiger partial charge >= 0.3 is 0 Å². The van der Waals surface area contributed by atoms with E-state index in [0.29, 0.717) is 6.42 Å². The summed E-state index contributed by atoms with van der Waals surface area (Å²) < 4.78 is 4.51. The van der Waals surface area contributed by atoms with Crippen molar-refractivity contribution in [1.82, 2.24) is 19.3 Å². The molecule has 50 heavy (non-hydrogen) atoms. The van der Waals surface area contributed by atoms with Crippen LogP contribution in [0, 0.1) is 0 Å². The number of para-hydroxylation sites is 4. The summed E-state index contributed by atoms with van der Waals surface area (Å²) in [5.74, 6) is 1.71. The molecule has 0 spiro atoms. The van der Waals surface area contributed by atoms with E-state index in [1.54, 1.807) is 0 Å². The summed E-state index contributed by atoms with van der Waals surface area (Å²) in [7, 11) is 0. The predicted octanol–water partition coefficient (Wildman–Crippen LogP) is 11.6. The van der Waals surface area contributed by atoms with Gasteiger partial charge in [-0.3, -0.25) is 4.57 Å². The Morgan fingerprint density at radius 2 is 1.02 bits per heavy atom. The molecule has 5 nitrogen and oxygen atoms in total. The molecule has 0 radical (unpaired) electrons. The van der Waals surface area contributed by atoms with Crippen LogP contribution in [0.2, 0.25) is 0 Å². The maximum Gasteiger partial charge on any atom is 0.168 e. The zero-order valence-corrected chi connectivity index (χ0v) is 28.0. The van der Waals surface area contributed by atoms with Gasteiger partial charge in [-0.15, -0.1) is 10.2 Å². The molecule has 0 bridgehead atoms. The predicted molar refractivity (Wildman–Crippen MR) is 208 cm³/mol. The van der Waals surface area contributed by atoms with Crippen molar-refractivity contribution in [2.24, 2.45) is 0 Å². The van der Waals surface area contributed by atoms with Gasteiger partial charge in [0.05, 0.1) is 11.0 Å². The van der Waals surface area contributed by atoms with Gasteiger partial charge in [-0.1, -0.05) is 104 Å². The molecule has 0 unspecified atom stereocenters. The van der Waals surface area contributed by atoms with E-state index in [1.165, 1.54) is 21.8 Å². The number of anilines is 3. The molecule has 5 heteroatoms. The first-order valence-corrected chi connectivity index (χ1v) is 17.2. The van der Waals surface area contributed by atoms with E-state index in [4.69, 9.17) is 5.10 Å². The van der Waals surface area contributed by atoms with Crippen LogP contribution >= 0.6 is 0 Å². The zero-order valence-electron chi connectivity index (χ0n) is 28.0. The average molecular weight is 648 g/mol. The van der Waals surface area contributed by atoms with Crippen LogP contribution in [0.25, 0.3) is 44.6 Å². The van der Waals surface area contributed by atoms with Gasteiger partial charge in [-0.2, -0.15) is 0 Å². The summed E-state index contributed by atoms with van der Waals surface area (Å²) >= 11 is 0. The van der Waals surface area contributed by atoms with Crippen LogP contribution in [0.15, 0.2) is 182 Å². The Morgan fingerprint density at radius 3 is 1.66 bits per heavy atom. The standard InChI is InChI=1S/C45H37N5/c1-2-3-4-5-12-25-44-46-47-45(50(44)36-19-10-7-11-20-36)34-26-28-37(29-27-34)48(35-17-8-6-9-18-35)38-30-32-39(33-31-38)49-42-23-15-13-21-40(42)41-22-14-16-24-43(41)49/h3-24,26-33H,2,25H2,1H3/b4-3-,12-5-. The fourth-order valence-corrected chi connectivity index (χ4v) is 6.69. The van der Waals surface area contributed by atoms with Crippen molar-refractivity contribution in [3.05, 3.63) is 188 Å². The van der Waals surface area contributed by atoms with Crippen LogP contribution in [0.3, 0.4) is 0 Å². The summed E-state index contributed by atoms with van der Waals surface area (Å²) in [5.41, 5.74) is 8.79. The number of benzene rings is 6. The molecule has 242 valence electrons. The molecule has 2 aromatic heterocycles. The minimum atomic E-state index is 0.681. The summed E-state index contributed by atoms with van der Waals surface area (Å²) in [4.78, 5) is 2.29. The molecule has 0 saturated heterocycles. The van der Waals surface area contributed by atoms with Gasteiger partial charge in [0, 0.05) is 51.2 Å². The highest BCUT2D eigenvalue weighted by molar-refractivity contribution is 6.09. The third-order valence-electron chi connectivity index (χ3n) is 9.01. The van der Waals surface area contributed by atoms with E-state index in [1.807, 2.05) is 6.07 Å². The Balaban J connectivity index is 1.16. The van der Waals surface area contributed by atoms with E-state index in [9.17, 15) is 0 Å². The number of allylic oxidation sites excluding steroid dienone is 4. The second kappa shape index (κ2) is 14.0. The number of hydrogen-bond acceptors (Lipinski definition) is 3. The van der Waals surface area contributed by atoms with Gasteiger partial charge in [-0.05, 0) is 91.3 Å². The number of aromatic nitrogens is 4. The number of nitrogens with zero attached hydrogens (tertiary/aromatic N) is 5. The second-order valence-corrected chi connectivity index (χ2v) is 12.2. The van der Waals surface area contributed by atoms with E-state index in [0.717, 1.165) is 52.1 Å². The lowest BCUT2D eigenvalue weighted by Gasteiger charge is -2.26. The summed E-state index contributed by atoms with van der Waals surface area (Å²) in [6.07, 6.45) is 10.1. The largest absolute Gasteiger partial charge is 0.311 e. The first kappa shape index (κ1) is 30.8. The van der Waals surface area contributed by atoms with Gasteiger partial charge in [-0.25, -0.2) is 0 Å². The highest BCUT2D eigenvalue weighted by Crippen LogP contribution is 2.37. The molecule has 0 amide bonds. The zero-order chi connectivity index (χ0) is 33.7. The van der Waals surface area contributed by atoms with Crippen molar-refractivity contribution < 1.29 is 0 Å². The molecule has 0 aliphatic rings. The van der Waals surface area contributed by atoms with Crippen LogP contribution < -0.4 is 4.90 Å². The van der Waals surface area contributed by atoms with E-state index >= 15 is 0 Å². The van der Waals surface area contributed by atoms with Crippen LogP contribution in [0.1, 0.15) is 19.2 Å². The Labute approximate surface area is 292 Å². The highest BCUT2D eigenvalue weighted by Gasteiger charge is 2.18. The first-order valence-electron chi connectivity index (χ1n) is 17.2. The Hall–Kier alpha value is -6.46. The number of hydrogen-bond donors (Lipinski definition) is 0. The van der Waals surface area contributed by atoms with E-state index in [2.05, 4.69) is 202 Å². The minimum Gasteiger partial charge on any atom is -0.311 e. The molecule has 0 aliphatic carbocycles. The maximum absolute atomic E-state index is 4.69. The van der Waals surface area contributed by atoms with Gasteiger partial charge < -0.3 is 9.47 Å². The molecule has 0 atom stereocenters. The molecule has 0 saturated carbocycles. The lowest BCUT2D eigenvalue weighted by Crippen LogP contribution is -2.10. The average Bonchev–Trinajstić information content (AvgIpc) is 3.76. The molecule has 0 fully saturated rings. The van der Waals surface area contributed by atoms with Gasteiger partial charge in [0.15, 0.2) is 5.82 Å². The first-order chi connectivity index (χ1) is 24.8. The van der Waals surface area contributed by atoms with E-state index in [-0.39, 0.29) is 0 Å². The van der Waals surface area contributed by atoms with E-state index < -0.39 is 0 Å². The smallest absolute Gasteiger partial charge is 0.168 e. The van der Waals surface area contributed by atoms with Crippen molar-refractivity contribution in [2.75, 3.05) is 4.90 Å². The topological polar surface area (TPSA) is 38.9 Å². The Morgan fingerprint density at radius 1 is 0.500 bits per heavy atom. The van der Waals surface area contributed by atoms with Crippen molar-refractivity contribution in [1.29, 1.82) is 0 Å². The third kappa shape index (κ3) is 5.90. The van der Waals surface area contributed by atoms with Gasteiger partial charge in [0.1, 0.15) is 5.82 Å². The Kier molecular flexibility index (Phi) is 8.61. The van der Waals surface area contributed by atoms with Crippen LogP contribution in [-0.4, -0.2) is 19.3 Å². The quantitative estimate of drug-likeness (QED) is 0.139. The number of fused-ring (bicyclic) bond motifs is 3. The normalized spacial score (nSPS) is 11.7. The van der Waals surface area contributed by atoms with Crippen LogP contribution in [0.5, 0.6) is 0 Å². The highest BCUT2D eigenvalue weighted by atomic mass is 15.3. The molecule has 0 aliphatic heterocycles. The molecular weight excluding hydrogens is 611 g/mol. The van der Waals surface area contributed by atoms with Crippen LogP contribution in [0.4, 0.5) is 17.1 Å². The summed E-state index contributed by atoms with van der Waals surface area (Å²) in [6.45, 7) is 2.14. The Bertz CT molecular complexity index is 2360. The minimum absolute atomic E-state index is 0.681. The lowest BCUT2D eigenvalue weighted by molar-refractivity contribution is 0.922. The third-order valence-corrected chi connectivity index (χ3v) is 9.01. The molecule has 2 heterocycles. The lowest BCUT2D eigenvalue weighted by atomic mass is 10.1. The molecular formula is C45H37N5. The SMILES string of the molecule is CC/C=C\C=C/Cc1nnc(-c2ccc(N(c3ccccc3)c3ccc(-n4c5ccccc5c5ccccc54)cc3)cc2)n1-c1ccccc1. The van der Waals surface area contributed by atoms with Gasteiger partial charge in [0.2, 0.25) is 0 Å². The monoisotopic (exact) mass is 647 g/mol.